The van der Waals surface area contributed by atoms with Gasteiger partial charge in [-0.15, -0.1) is 0 Å². The van der Waals surface area contributed by atoms with Crippen molar-refractivity contribution in [3.05, 3.63) is 66.5 Å². The number of carbonyl (C=O) groups is 2. The van der Waals surface area contributed by atoms with Crippen LogP contribution in [0.25, 0.3) is 11.0 Å². The third-order valence-corrected chi connectivity index (χ3v) is 5.61. The molecule has 4 rings (SSSR count). The lowest BCUT2D eigenvalue weighted by molar-refractivity contribution is -0.138. The Morgan fingerprint density at radius 2 is 1.86 bits per heavy atom. The van der Waals surface area contributed by atoms with E-state index >= 15 is 0 Å². The topological polar surface area (TPSA) is 55.2 Å². The third-order valence-electron chi connectivity index (χ3n) is 5.61. The number of amides is 1. The molecule has 5 nitrogen and oxygen atoms in total. The monoisotopic (exact) mass is 375 g/mol. The van der Waals surface area contributed by atoms with Gasteiger partial charge >= 0.3 is 0 Å². The molecule has 0 radical (unpaired) electrons. The Labute approximate surface area is 165 Å². The van der Waals surface area contributed by atoms with Gasteiger partial charge in [-0.05, 0) is 30.5 Å². The van der Waals surface area contributed by atoms with Crippen LogP contribution in [0.1, 0.15) is 49.0 Å². The number of imidazole rings is 1. The first-order valence-electron chi connectivity index (χ1n) is 10.0. The zero-order chi connectivity index (χ0) is 19.5. The van der Waals surface area contributed by atoms with E-state index in [0.717, 1.165) is 29.4 Å². The fourth-order valence-electron chi connectivity index (χ4n) is 4.18. The molecule has 1 aromatic heterocycles. The fourth-order valence-corrected chi connectivity index (χ4v) is 4.18. The van der Waals surface area contributed by atoms with Crippen LogP contribution in [0.15, 0.2) is 60.9 Å². The van der Waals surface area contributed by atoms with Gasteiger partial charge in [0.2, 0.25) is 11.8 Å². The van der Waals surface area contributed by atoms with Gasteiger partial charge in [-0.1, -0.05) is 55.8 Å². The van der Waals surface area contributed by atoms with E-state index in [1.165, 1.54) is 0 Å². The van der Waals surface area contributed by atoms with Crippen LogP contribution in [0, 0.1) is 5.92 Å². The summed E-state index contributed by atoms with van der Waals surface area (Å²) in [6.07, 6.45) is 4.53. The number of hydrogen-bond donors (Lipinski definition) is 0. The molecular formula is C23H25N3O2. The lowest BCUT2D eigenvalue weighted by Crippen LogP contribution is -2.46. The maximum Gasteiger partial charge on any atom is 0.237 e. The van der Waals surface area contributed by atoms with Gasteiger partial charge in [-0.2, -0.15) is 0 Å². The fraction of sp³-hybridized carbons (Fsp3) is 0.348. The second-order valence-electron chi connectivity index (χ2n) is 7.38. The average Bonchev–Trinajstić information content (AvgIpc) is 3.17. The van der Waals surface area contributed by atoms with Crippen molar-refractivity contribution in [2.24, 2.45) is 5.92 Å². The molecule has 1 fully saturated rings. The van der Waals surface area contributed by atoms with Crippen molar-refractivity contribution in [2.75, 3.05) is 6.54 Å². The predicted molar refractivity (Wildman–Crippen MR) is 109 cm³/mol. The summed E-state index contributed by atoms with van der Waals surface area (Å²) >= 11 is 0. The van der Waals surface area contributed by atoms with E-state index in [0.29, 0.717) is 19.4 Å². The molecule has 3 aromatic rings. The molecule has 2 unspecified atom stereocenters. The van der Waals surface area contributed by atoms with Crippen molar-refractivity contribution >= 4 is 22.8 Å². The minimum atomic E-state index is -0.283. The highest BCUT2D eigenvalue weighted by atomic mass is 16.2. The van der Waals surface area contributed by atoms with E-state index in [1.807, 2.05) is 59.5 Å². The number of carbonyl (C=O) groups excluding carboxylic acids is 2. The number of nitrogens with zero attached hydrogens (tertiary/aromatic N) is 3. The van der Waals surface area contributed by atoms with Crippen LogP contribution in [0.3, 0.4) is 0 Å². The number of para-hydroxylation sites is 2. The van der Waals surface area contributed by atoms with E-state index in [1.54, 1.807) is 10.9 Å². The molecule has 5 heteroatoms. The SMILES string of the molecule is CCCCN1C(=O)CCC(C(=O)n2cnc3ccccc32)C1c1ccccc1. The number of rotatable bonds is 5. The van der Waals surface area contributed by atoms with Crippen molar-refractivity contribution in [1.29, 1.82) is 0 Å². The van der Waals surface area contributed by atoms with E-state index in [-0.39, 0.29) is 23.8 Å². The minimum Gasteiger partial charge on any atom is -0.335 e. The molecule has 1 amide bonds. The summed E-state index contributed by atoms with van der Waals surface area (Å²) in [6, 6.07) is 17.4. The number of aromatic nitrogens is 2. The molecule has 144 valence electrons. The summed E-state index contributed by atoms with van der Waals surface area (Å²) in [6.45, 7) is 2.80. The van der Waals surface area contributed by atoms with Crippen molar-refractivity contribution in [3.8, 4) is 0 Å². The lowest BCUT2D eigenvalue weighted by atomic mass is 9.83. The zero-order valence-corrected chi connectivity index (χ0v) is 16.1. The summed E-state index contributed by atoms with van der Waals surface area (Å²) in [4.78, 5) is 32.6. The van der Waals surface area contributed by atoms with E-state index in [9.17, 15) is 9.59 Å². The highest BCUT2D eigenvalue weighted by Gasteiger charge is 2.41. The van der Waals surface area contributed by atoms with Crippen molar-refractivity contribution in [1.82, 2.24) is 14.5 Å². The standard InChI is InChI=1S/C23H25N3O2/c1-2-3-15-25-21(27)14-13-18(22(25)17-9-5-4-6-10-17)23(28)26-16-24-19-11-7-8-12-20(19)26/h4-12,16,18,22H,2-3,13-15H2,1H3. The third kappa shape index (κ3) is 3.33. The van der Waals surface area contributed by atoms with E-state index < -0.39 is 0 Å². The Balaban J connectivity index is 1.74. The smallest absolute Gasteiger partial charge is 0.237 e. The molecular weight excluding hydrogens is 350 g/mol. The Hall–Kier alpha value is -2.95. The van der Waals surface area contributed by atoms with Crippen molar-refractivity contribution < 1.29 is 9.59 Å². The number of piperidine rings is 1. The first-order chi connectivity index (χ1) is 13.7. The summed E-state index contributed by atoms with van der Waals surface area (Å²) in [5.74, 6) is -0.132. The number of likely N-dealkylation sites (tertiary alicyclic amines) is 1. The van der Waals surface area contributed by atoms with Gasteiger partial charge in [0.15, 0.2) is 0 Å². The molecule has 1 saturated heterocycles. The second-order valence-corrected chi connectivity index (χ2v) is 7.38. The largest absolute Gasteiger partial charge is 0.335 e. The number of fused-ring (bicyclic) bond motifs is 1. The molecule has 2 atom stereocenters. The van der Waals surface area contributed by atoms with E-state index in [2.05, 4.69) is 11.9 Å². The van der Waals surface area contributed by atoms with E-state index in [4.69, 9.17) is 0 Å². The highest BCUT2D eigenvalue weighted by molar-refractivity contribution is 5.93. The van der Waals surface area contributed by atoms with Gasteiger partial charge in [-0.3, -0.25) is 14.2 Å². The van der Waals surface area contributed by atoms with Crippen LogP contribution in [0.5, 0.6) is 0 Å². The molecule has 0 saturated carbocycles. The quantitative estimate of drug-likeness (QED) is 0.662. The van der Waals surface area contributed by atoms with Crippen LogP contribution in [0.2, 0.25) is 0 Å². The first-order valence-corrected chi connectivity index (χ1v) is 10.0. The first kappa shape index (κ1) is 18.4. The maximum atomic E-state index is 13.6. The predicted octanol–water partition coefficient (Wildman–Crippen LogP) is 4.46. The number of benzene rings is 2. The summed E-state index contributed by atoms with van der Waals surface area (Å²) < 4.78 is 1.66. The molecule has 1 aliphatic heterocycles. The average molecular weight is 375 g/mol. The molecule has 0 aliphatic carbocycles. The molecule has 0 N–H and O–H groups in total. The Morgan fingerprint density at radius 3 is 2.64 bits per heavy atom. The molecule has 2 heterocycles. The number of unbranched alkanes of at least 4 members (excludes halogenated alkanes) is 1. The lowest BCUT2D eigenvalue weighted by Gasteiger charge is -2.41. The van der Waals surface area contributed by atoms with Gasteiger partial charge in [0.1, 0.15) is 6.33 Å². The van der Waals surface area contributed by atoms with Crippen LogP contribution in [-0.2, 0) is 4.79 Å². The van der Waals surface area contributed by atoms with Crippen molar-refractivity contribution in [3.63, 3.8) is 0 Å². The zero-order valence-electron chi connectivity index (χ0n) is 16.1. The molecule has 0 spiro atoms. The second kappa shape index (κ2) is 7.97. The number of hydrogen-bond acceptors (Lipinski definition) is 3. The highest BCUT2D eigenvalue weighted by Crippen LogP contribution is 2.38. The van der Waals surface area contributed by atoms with Crippen LogP contribution in [0.4, 0.5) is 0 Å². The van der Waals surface area contributed by atoms with Gasteiger partial charge in [0.05, 0.1) is 23.0 Å². The Kier molecular flexibility index (Phi) is 5.24. The molecule has 0 bridgehead atoms. The Morgan fingerprint density at radius 1 is 1.11 bits per heavy atom. The summed E-state index contributed by atoms with van der Waals surface area (Å²) in [5, 5.41) is 0. The Bertz CT molecular complexity index is 980. The van der Waals surface area contributed by atoms with Crippen LogP contribution >= 0.6 is 0 Å². The van der Waals surface area contributed by atoms with Gasteiger partial charge in [0.25, 0.3) is 0 Å². The summed E-state index contributed by atoms with van der Waals surface area (Å²) in [7, 11) is 0. The van der Waals surface area contributed by atoms with Gasteiger partial charge in [0, 0.05) is 13.0 Å². The van der Waals surface area contributed by atoms with Crippen LogP contribution < -0.4 is 0 Å². The maximum absolute atomic E-state index is 13.6. The van der Waals surface area contributed by atoms with Crippen molar-refractivity contribution in [2.45, 2.75) is 38.6 Å². The van der Waals surface area contributed by atoms with Gasteiger partial charge < -0.3 is 4.90 Å². The molecule has 28 heavy (non-hydrogen) atoms. The minimum absolute atomic E-state index is 0.0107. The van der Waals surface area contributed by atoms with Gasteiger partial charge in [-0.25, -0.2) is 4.98 Å². The normalized spacial score (nSPS) is 19.9. The molecule has 2 aromatic carbocycles. The summed E-state index contributed by atoms with van der Waals surface area (Å²) in [5.41, 5.74) is 2.65. The molecule has 1 aliphatic rings. The van der Waals surface area contributed by atoms with Crippen LogP contribution in [-0.4, -0.2) is 32.8 Å².